The molecule has 0 atom stereocenters. The zero-order valence-corrected chi connectivity index (χ0v) is 19.2. The molecule has 3 amide bonds. The molecule has 3 fully saturated rings. The Hall–Kier alpha value is -1.93. The number of amides is 3. The molecule has 170 valence electrons. The lowest BCUT2D eigenvalue weighted by molar-refractivity contribution is -0.141. The topological polar surface area (TPSA) is 64.2 Å². The molecule has 0 radical (unpaired) electrons. The third-order valence-electron chi connectivity index (χ3n) is 6.86. The van der Waals surface area contributed by atoms with Gasteiger partial charge in [-0.25, -0.2) is 0 Å². The molecule has 31 heavy (non-hydrogen) atoms. The van der Waals surface area contributed by atoms with Crippen molar-refractivity contribution in [3.05, 3.63) is 22.4 Å². The summed E-state index contributed by atoms with van der Waals surface area (Å²) < 4.78 is 0. The molecule has 3 aliphatic heterocycles. The Morgan fingerprint density at radius 3 is 2.10 bits per heavy atom. The molecular weight excluding hydrogens is 412 g/mol. The van der Waals surface area contributed by atoms with Crippen LogP contribution < -0.4 is 0 Å². The molecule has 0 spiro atoms. The van der Waals surface area contributed by atoms with Crippen LogP contribution in [0.2, 0.25) is 0 Å². The largest absolute Gasteiger partial charge is 0.342 e. The van der Waals surface area contributed by atoms with Crippen LogP contribution >= 0.6 is 11.3 Å². The maximum Gasteiger partial charge on any atom is 0.264 e. The number of rotatable bonds is 4. The van der Waals surface area contributed by atoms with Gasteiger partial charge in [-0.05, 0) is 37.1 Å². The second-order valence-electron chi connectivity index (χ2n) is 8.94. The van der Waals surface area contributed by atoms with Crippen molar-refractivity contribution in [3.63, 3.8) is 0 Å². The highest BCUT2D eigenvalue weighted by Gasteiger charge is 2.31. The molecule has 0 aliphatic carbocycles. The summed E-state index contributed by atoms with van der Waals surface area (Å²) in [4.78, 5) is 46.9. The van der Waals surface area contributed by atoms with Crippen LogP contribution in [-0.4, -0.2) is 96.2 Å². The van der Waals surface area contributed by atoms with Gasteiger partial charge in [0.15, 0.2) is 0 Å². The monoisotopic (exact) mass is 446 g/mol. The van der Waals surface area contributed by atoms with E-state index in [9.17, 15) is 14.4 Å². The van der Waals surface area contributed by atoms with Gasteiger partial charge in [0, 0.05) is 58.3 Å². The average molecular weight is 447 g/mol. The van der Waals surface area contributed by atoms with E-state index in [1.54, 1.807) is 0 Å². The summed E-state index contributed by atoms with van der Waals surface area (Å²) in [5.74, 6) is 0.630. The van der Waals surface area contributed by atoms with Crippen molar-refractivity contribution in [2.24, 2.45) is 5.92 Å². The van der Waals surface area contributed by atoms with E-state index in [-0.39, 0.29) is 17.7 Å². The number of hydrogen-bond donors (Lipinski definition) is 0. The number of thiophene rings is 1. The highest BCUT2D eigenvalue weighted by Crippen LogP contribution is 2.22. The lowest BCUT2D eigenvalue weighted by Gasteiger charge is -2.37. The Bertz CT molecular complexity index is 745. The van der Waals surface area contributed by atoms with Crippen molar-refractivity contribution in [2.45, 2.75) is 38.5 Å². The number of hydrogen-bond acceptors (Lipinski definition) is 5. The van der Waals surface area contributed by atoms with E-state index < -0.39 is 0 Å². The first kappa shape index (κ1) is 22.3. The van der Waals surface area contributed by atoms with Crippen LogP contribution in [-0.2, 0) is 9.59 Å². The van der Waals surface area contributed by atoms with Crippen molar-refractivity contribution < 1.29 is 14.4 Å². The minimum atomic E-state index is 0.0777. The van der Waals surface area contributed by atoms with Crippen LogP contribution in [0.3, 0.4) is 0 Å². The van der Waals surface area contributed by atoms with E-state index in [4.69, 9.17) is 0 Å². The van der Waals surface area contributed by atoms with Crippen molar-refractivity contribution in [3.8, 4) is 0 Å². The van der Waals surface area contributed by atoms with Gasteiger partial charge < -0.3 is 14.7 Å². The van der Waals surface area contributed by atoms with Gasteiger partial charge in [-0.2, -0.15) is 0 Å². The molecule has 0 bridgehead atoms. The fourth-order valence-electron chi connectivity index (χ4n) is 4.88. The first-order valence-electron chi connectivity index (χ1n) is 11.7. The molecule has 0 unspecified atom stereocenters. The first-order valence-corrected chi connectivity index (χ1v) is 12.6. The molecule has 0 aromatic carbocycles. The van der Waals surface area contributed by atoms with Crippen LogP contribution in [0.1, 0.15) is 48.2 Å². The molecular formula is C23H34N4O3S. The van der Waals surface area contributed by atoms with Crippen LogP contribution in [0.4, 0.5) is 0 Å². The summed E-state index contributed by atoms with van der Waals surface area (Å²) in [7, 11) is 0. The molecule has 1 aromatic heterocycles. The first-order chi connectivity index (χ1) is 15.1. The Morgan fingerprint density at radius 2 is 1.48 bits per heavy atom. The van der Waals surface area contributed by atoms with Crippen LogP contribution in [0, 0.1) is 5.92 Å². The maximum atomic E-state index is 12.9. The lowest BCUT2D eigenvalue weighted by atomic mass is 9.95. The number of piperazine rings is 1. The van der Waals surface area contributed by atoms with E-state index in [1.807, 2.05) is 27.3 Å². The number of nitrogens with zero attached hydrogens (tertiary/aromatic N) is 4. The Kier molecular flexibility index (Phi) is 7.61. The van der Waals surface area contributed by atoms with Crippen molar-refractivity contribution in [2.75, 3.05) is 58.9 Å². The lowest BCUT2D eigenvalue weighted by Crippen LogP contribution is -2.52. The van der Waals surface area contributed by atoms with Crippen LogP contribution in [0.5, 0.6) is 0 Å². The smallest absolute Gasteiger partial charge is 0.264 e. The van der Waals surface area contributed by atoms with E-state index in [2.05, 4.69) is 9.80 Å². The van der Waals surface area contributed by atoms with E-state index in [0.717, 1.165) is 56.7 Å². The van der Waals surface area contributed by atoms with Gasteiger partial charge in [-0.15, -0.1) is 11.3 Å². The van der Waals surface area contributed by atoms with Crippen LogP contribution in [0.25, 0.3) is 0 Å². The van der Waals surface area contributed by atoms with Gasteiger partial charge in [-0.3, -0.25) is 19.3 Å². The van der Waals surface area contributed by atoms with Gasteiger partial charge in [0.05, 0.1) is 11.4 Å². The van der Waals surface area contributed by atoms with Crippen LogP contribution in [0.15, 0.2) is 17.5 Å². The highest BCUT2D eigenvalue weighted by molar-refractivity contribution is 7.12. The molecule has 4 heterocycles. The maximum absolute atomic E-state index is 12.9. The Balaban J connectivity index is 1.18. The zero-order chi connectivity index (χ0) is 21.6. The van der Waals surface area contributed by atoms with Crippen molar-refractivity contribution in [1.82, 2.24) is 19.6 Å². The summed E-state index contributed by atoms with van der Waals surface area (Å²) in [6, 6.07) is 3.77. The molecule has 1 aromatic rings. The number of piperidine rings is 1. The Labute approximate surface area is 189 Å². The fourth-order valence-corrected chi connectivity index (χ4v) is 5.57. The van der Waals surface area contributed by atoms with E-state index in [1.165, 1.54) is 24.2 Å². The Morgan fingerprint density at radius 1 is 0.806 bits per heavy atom. The quantitative estimate of drug-likeness (QED) is 0.711. The third kappa shape index (κ3) is 5.66. The normalized spacial score (nSPS) is 21.7. The second-order valence-corrected chi connectivity index (χ2v) is 9.89. The SMILES string of the molecule is O=C(CN1CCN(C(=O)c2cccs2)CC1)N1CCC(C(=O)N2CCCCCC2)CC1. The average Bonchev–Trinajstić information content (AvgIpc) is 3.21. The molecule has 0 N–H and O–H groups in total. The van der Waals surface area contributed by atoms with Gasteiger partial charge >= 0.3 is 0 Å². The second kappa shape index (κ2) is 10.6. The third-order valence-corrected chi connectivity index (χ3v) is 7.72. The molecule has 3 saturated heterocycles. The van der Waals surface area contributed by atoms with Gasteiger partial charge in [0.1, 0.15) is 0 Å². The summed E-state index contributed by atoms with van der Waals surface area (Å²) in [6.07, 6.45) is 6.26. The van der Waals surface area contributed by atoms with Gasteiger partial charge in [0.25, 0.3) is 5.91 Å². The summed E-state index contributed by atoms with van der Waals surface area (Å²) in [6.45, 7) is 6.36. The highest BCUT2D eigenvalue weighted by atomic mass is 32.1. The van der Waals surface area contributed by atoms with E-state index >= 15 is 0 Å². The van der Waals surface area contributed by atoms with Gasteiger partial charge in [-0.1, -0.05) is 18.9 Å². The predicted molar refractivity (Wildman–Crippen MR) is 121 cm³/mol. The number of likely N-dealkylation sites (tertiary alicyclic amines) is 2. The molecule has 3 aliphatic rings. The summed E-state index contributed by atoms with van der Waals surface area (Å²) in [5, 5.41) is 1.92. The molecule has 0 saturated carbocycles. The number of carbonyl (C=O) groups is 3. The zero-order valence-electron chi connectivity index (χ0n) is 18.3. The van der Waals surface area contributed by atoms with Gasteiger partial charge in [0.2, 0.25) is 11.8 Å². The van der Waals surface area contributed by atoms with Crippen molar-refractivity contribution >= 4 is 29.1 Å². The molecule has 4 rings (SSSR count). The molecule has 8 heteroatoms. The summed E-state index contributed by atoms with van der Waals surface area (Å²) in [5.41, 5.74) is 0. The minimum Gasteiger partial charge on any atom is -0.342 e. The predicted octanol–water partition coefficient (Wildman–Crippen LogP) is 2.15. The fraction of sp³-hybridized carbons (Fsp3) is 0.696. The minimum absolute atomic E-state index is 0.0777. The van der Waals surface area contributed by atoms with Crippen molar-refractivity contribution in [1.29, 1.82) is 0 Å². The number of carbonyl (C=O) groups excluding carboxylic acids is 3. The molecule has 7 nitrogen and oxygen atoms in total. The summed E-state index contributed by atoms with van der Waals surface area (Å²) >= 11 is 1.47. The van der Waals surface area contributed by atoms with E-state index in [0.29, 0.717) is 38.6 Å². The standard InChI is InChI=1S/C23H34N4O3S/c28-21(18-24-13-15-27(16-14-24)23(30)20-6-5-17-31-20)25-11-7-19(8-12-25)22(29)26-9-3-1-2-4-10-26/h5-6,17,19H,1-4,7-16,18H2.